The normalized spacial score (nSPS) is 25.2. The van der Waals surface area contributed by atoms with Crippen LogP contribution in [0.3, 0.4) is 0 Å². The van der Waals surface area contributed by atoms with Gasteiger partial charge < -0.3 is 15.0 Å². The summed E-state index contributed by atoms with van der Waals surface area (Å²) in [5, 5.41) is 2.96. The molecule has 2 bridgehead atoms. The van der Waals surface area contributed by atoms with Gasteiger partial charge >= 0.3 is 12.0 Å². The van der Waals surface area contributed by atoms with E-state index in [0.717, 1.165) is 18.5 Å². The highest BCUT2D eigenvalue weighted by Gasteiger charge is 2.61. The number of esters is 1. The third kappa shape index (κ3) is 2.80. The van der Waals surface area contributed by atoms with Crippen molar-refractivity contribution in [2.45, 2.75) is 45.6 Å². The molecular weight excluding hydrogens is 292 g/mol. The summed E-state index contributed by atoms with van der Waals surface area (Å²) < 4.78 is 5.16. The van der Waals surface area contributed by atoms with Crippen LogP contribution in [0.15, 0.2) is 24.3 Å². The molecule has 1 N–H and O–H groups in total. The van der Waals surface area contributed by atoms with Crippen LogP contribution < -0.4 is 5.32 Å². The first kappa shape index (κ1) is 15.8. The number of hydrogen-bond donors (Lipinski definition) is 1. The molecule has 5 heteroatoms. The second kappa shape index (κ2) is 5.87. The predicted molar refractivity (Wildman–Crippen MR) is 88.3 cm³/mol. The lowest BCUT2D eigenvalue weighted by Gasteiger charge is -2.34. The number of fused-ring (bicyclic) bond motifs is 1. The number of ether oxygens (including phenoxy) is 1. The van der Waals surface area contributed by atoms with E-state index < -0.39 is 5.41 Å². The van der Waals surface area contributed by atoms with E-state index >= 15 is 0 Å². The van der Waals surface area contributed by atoms with E-state index in [1.807, 2.05) is 25.1 Å². The number of carbonyl (C=O) groups is 2. The van der Waals surface area contributed by atoms with E-state index in [1.54, 1.807) is 4.90 Å². The molecule has 0 atom stereocenters. The van der Waals surface area contributed by atoms with Crippen molar-refractivity contribution in [1.29, 1.82) is 0 Å². The van der Waals surface area contributed by atoms with Gasteiger partial charge in [-0.3, -0.25) is 4.79 Å². The quantitative estimate of drug-likeness (QED) is 0.866. The third-order valence-electron chi connectivity index (χ3n) is 4.94. The summed E-state index contributed by atoms with van der Waals surface area (Å²) in [4.78, 5) is 26.4. The standard InChI is InChI=1S/C18H24N2O3/c1-4-23-16(21)18-9-15(10-18)20(11-18)17(22)19-14-7-5-6-13(8-14)12(2)3/h5-8,12,15H,4,9-11H2,1-3H3,(H,19,22). The average Bonchev–Trinajstić information content (AvgIpc) is 3.04. The molecule has 2 saturated heterocycles. The topological polar surface area (TPSA) is 58.6 Å². The minimum atomic E-state index is -0.461. The Hall–Kier alpha value is -2.04. The van der Waals surface area contributed by atoms with Crippen LogP contribution in [0.25, 0.3) is 0 Å². The van der Waals surface area contributed by atoms with Crippen molar-refractivity contribution in [3.05, 3.63) is 29.8 Å². The number of anilines is 1. The zero-order chi connectivity index (χ0) is 16.6. The highest BCUT2D eigenvalue weighted by atomic mass is 16.5. The van der Waals surface area contributed by atoms with Crippen molar-refractivity contribution in [2.75, 3.05) is 18.5 Å². The fourth-order valence-corrected chi connectivity index (χ4v) is 3.57. The van der Waals surface area contributed by atoms with E-state index in [0.29, 0.717) is 19.1 Å². The van der Waals surface area contributed by atoms with Gasteiger partial charge in [-0.2, -0.15) is 0 Å². The number of rotatable bonds is 4. The van der Waals surface area contributed by atoms with Crippen molar-refractivity contribution in [3.8, 4) is 0 Å². The van der Waals surface area contributed by atoms with Crippen molar-refractivity contribution in [1.82, 2.24) is 4.90 Å². The molecular formula is C18H24N2O3. The smallest absolute Gasteiger partial charge is 0.322 e. The minimum absolute atomic E-state index is 0.125. The zero-order valence-electron chi connectivity index (χ0n) is 14.0. The van der Waals surface area contributed by atoms with Crippen LogP contribution in [0.5, 0.6) is 0 Å². The summed E-state index contributed by atoms with van der Waals surface area (Å²) >= 11 is 0. The van der Waals surface area contributed by atoms with Crippen LogP contribution in [0.2, 0.25) is 0 Å². The van der Waals surface area contributed by atoms with Gasteiger partial charge in [0.2, 0.25) is 0 Å². The van der Waals surface area contributed by atoms with Crippen LogP contribution in [-0.4, -0.2) is 36.1 Å². The Kier molecular flexibility index (Phi) is 4.04. The molecule has 0 unspecified atom stereocenters. The molecule has 1 aromatic rings. The minimum Gasteiger partial charge on any atom is -0.466 e. The van der Waals surface area contributed by atoms with Crippen LogP contribution >= 0.6 is 0 Å². The number of nitrogens with zero attached hydrogens (tertiary/aromatic N) is 1. The molecule has 23 heavy (non-hydrogen) atoms. The van der Waals surface area contributed by atoms with Gasteiger partial charge in [-0.1, -0.05) is 26.0 Å². The van der Waals surface area contributed by atoms with E-state index in [1.165, 1.54) is 5.56 Å². The first-order valence-corrected chi connectivity index (χ1v) is 8.30. The number of urea groups is 1. The molecule has 0 radical (unpaired) electrons. The maximum atomic E-state index is 12.5. The number of carbonyl (C=O) groups excluding carboxylic acids is 2. The SMILES string of the molecule is CCOC(=O)C12CC(C1)N(C(=O)Nc1cccc(C(C)C)c1)C2. The molecule has 1 saturated carbocycles. The van der Waals surface area contributed by atoms with Gasteiger partial charge in [-0.15, -0.1) is 0 Å². The molecule has 1 aromatic carbocycles. The van der Waals surface area contributed by atoms with Crippen molar-refractivity contribution < 1.29 is 14.3 Å². The summed E-state index contributed by atoms with van der Waals surface area (Å²) in [6, 6.07) is 7.94. The molecule has 2 heterocycles. The molecule has 4 rings (SSSR count). The van der Waals surface area contributed by atoms with Crippen LogP contribution in [-0.2, 0) is 9.53 Å². The van der Waals surface area contributed by atoms with Crippen LogP contribution in [0.4, 0.5) is 10.5 Å². The number of amides is 2. The van der Waals surface area contributed by atoms with E-state index in [9.17, 15) is 9.59 Å². The maximum absolute atomic E-state index is 12.5. The van der Waals surface area contributed by atoms with Gasteiger partial charge in [0.25, 0.3) is 0 Å². The molecule has 124 valence electrons. The number of nitrogens with one attached hydrogen (secondary N) is 1. The van der Waals surface area contributed by atoms with Gasteiger partial charge in [-0.25, -0.2) is 4.79 Å². The molecule has 5 nitrogen and oxygen atoms in total. The highest BCUT2D eigenvalue weighted by molar-refractivity contribution is 5.92. The zero-order valence-corrected chi connectivity index (χ0v) is 14.0. The second-order valence-corrected chi connectivity index (χ2v) is 6.90. The van der Waals surface area contributed by atoms with Gasteiger partial charge in [-0.05, 0) is 43.4 Å². The summed E-state index contributed by atoms with van der Waals surface area (Å²) in [6.07, 6.45) is 1.45. The highest BCUT2D eigenvalue weighted by Crippen LogP contribution is 2.52. The molecule has 2 aliphatic heterocycles. The fraction of sp³-hybridized carbons (Fsp3) is 0.556. The monoisotopic (exact) mass is 316 g/mol. The predicted octanol–water partition coefficient (Wildman–Crippen LogP) is 3.37. The van der Waals surface area contributed by atoms with Gasteiger partial charge in [0.15, 0.2) is 0 Å². The van der Waals surface area contributed by atoms with E-state index in [-0.39, 0.29) is 18.0 Å². The summed E-state index contributed by atoms with van der Waals surface area (Å²) in [6.45, 7) is 6.91. The van der Waals surface area contributed by atoms with Gasteiger partial charge in [0.1, 0.15) is 0 Å². The lowest BCUT2D eigenvalue weighted by Crippen LogP contribution is -2.42. The fourth-order valence-electron chi connectivity index (χ4n) is 3.57. The summed E-state index contributed by atoms with van der Waals surface area (Å²) in [7, 11) is 0. The Morgan fingerprint density at radius 3 is 2.78 bits per heavy atom. The molecule has 0 spiro atoms. The Labute approximate surface area is 137 Å². The van der Waals surface area contributed by atoms with Gasteiger partial charge in [0, 0.05) is 18.3 Å². The first-order chi connectivity index (χ1) is 10.9. The maximum Gasteiger partial charge on any atom is 0.322 e. The molecule has 3 aliphatic rings. The van der Waals surface area contributed by atoms with E-state index in [4.69, 9.17) is 4.74 Å². The first-order valence-electron chi connectivity index (χ1n) is 8.30. The lowest BCUT2D eigenvalue weighted by molar-refractivity contribution is -0.157. The largest absolute Gasteiger partial charge is 0.466 e. The van der Waals surface area contributed by atoms with E-state index in [2.05, 4.69) is 25.2 Å². The van der Waals surface area contributed by atoms with Crippen molar-refractivity contribution in [2.24, 2.45) is 5.41 Å². The second-order valence-electron chi connectivity index (χ2n) is 6.90. The molecule has 1 aliphatic carbocycles. The molecule has 3 fully saturated rings. The summed E-state index contributed by atoms with van der Waals surface area (Å²) in [5.74, 6) is 0.256. The number of benzene rings is 1. The third-order valence-corrected chi connectivity index (χ3v) is 4.94. The van der Waals surface area contributed by atoms with Crippen LogP contribution in [0.1, 0.15) is 45.1 Å². The molecule has 2 amide bonds. The Morgan fingerprint density at radius 1 is 1.39 bits per heavy atom. The Balaban J connectivity index is 1.65. The van der Waals surface area contributed by atoms with Crippen LogP contribution in [0, 0.1) is 5.41 Å². The number of hydrogen-bond acceptors (Lipinski definition) is 3. The lowest BCUT2D eigenvalue weighted by atomic mass is 9.70. The Morgan fingerprint density at radius 2 is 2.13 bits per heavy atom. The average molecular weight is 316 g/mol. The Bertz CT molecular complexity index is 620. The molecule has 0 aromatic heterocycles. The summed E-state index contributed by atoms with van der Waals surface area (Å²) in [5.41, 5.74) is 1.53. The van der Waals surface area contributed by atoms with Gasteiger partial charge in [0.05, 0.1) is 12.0 Å². The van der Waals surface area contributed by atoms with Crippen molar-refractivity contribution in [3.63, 3.8) is 0 Å². The van der Waals surface area contributed by atoms with Crippen molar-refractivity contribution >= 4 is 17.7 Å².